The van der Waals surface area contributed by atoms with Crippen LogP contribution < -0.4 is 4.74 Å². The van der Waals surface area contributed by atoms with Crippen LogP contribution in [0.2, 0.25) is 0 Å². The first-order valence-corrected chi connectivity index (χ1v) is 7.54. The highest BCUT2D eigenvalue weighted by Gasteiger charge is 2.02. The van der Waals surface area contributed by atoms with Gasteiger partial charge in [0.15, 0.2) is 0 Å². The van der Waals surface area contributed by atoms with Crippen molar-refractivity contribution in [3.8, 4) is 5.75 Å². The Kier molecular flexibility index (Phi) is 4.50. The molecule has 0 spiro atoms. The quantitative estimate of drug-likeness (QED) is 0.542. The number of nitrogens with one attached hydrogen (secondary N) is 1. The maximum Gasteiger partial charge on any atom is 0.216 e. The first kappa shape index (κ1) is 14.7. The molecule has 0 atom stereocenters. The van der Waals surface area contributed by atoms with Crippen molar-refractivity contribution in [1.29, 1.82) is 0 Å². The van der Waals surface area contributed by atoms with Crippen molar-refractivity contribution in [1.82, 2.24) is 14.9 Å². The van der Waals surface area contributed by atoms with Crippen LogP contribution in [0.4, 0.5) is 0 Å². The molecule has 0 fully saturated rings. The molecule has 8 heteroatoms. The highest BCUT2D eigenvalue weighted by atomic mass is 79.9. The predicted octanol–water partition coefficient (Wildman–Crippen LogP) is 3.76. The van der Waals surface area contributed by atoms with E-state index in [1.54, 1.807) is 6.21 Å². The molecule has 0 aliphatic carbocycles. The SMILES string of the molecule is S=c1[nH]ncn1/N=C/c1ccc(COc2ccc(Br)cc2)o1. The monoisotopic (exact) mass is 378 g/mol. The normalized spacial score (nSPS) is 11.1. The largest absolute Gasteiger partial charge is 0.486 e. The van der Waals surface area contributed by atoms with Gasteiger partial charge in [-0.2, -0.15) is 14.9 Å². The molecule has 2 aromatic heterocycles. The fraction of sp³-hybridized carbons (Fsp3) is 0.0714. The van der Waals surface area contributed by atoms with Crippen molar-refractivity contribution in [2.75, 3.05) is 0 Å². The number of aromatic amines is 1. The molecule has 0 aliphatic rings. The third kappa shape index (κ3) is 3.71. The van der Waals surface area contributed by atoms with Crippen LogP contribution in [0.25, 0.3) is 0 Å². The van der Waals surface area contributed by atoms with Crippen LogP contribution in [0, 0.1) is 4.77 Å². The van der Waals surface area contributed by atoms with Gasteiger partial charge in [-0.15, -0.1) is 0 Å². The molecule has 0 aliphatic heterocycles. The molecule has 0 unspecified atom stereocenters. The van der Waals surface area contributed by atoms with Crippen molar-refractivity contribution in [2.24, 2.45) is 5.10 Å². The van der Waals surface area contributed by atoms with Crippen molar-refractivity contribution in [2.45, 2.75) is 6.61 Å². The lowest BCUT2D eigenvalue weighted by molar-refractivity contribution is 0.270. The predicted molar refractivity (Wildman–Crippen MR) is 87.6 cm³/mol. The van der Waals surface area contributed by atoms with E-state index >= 15 is 0 Å². The zero-order chi connectivity index (χ0) is 15.4. The Bertz CT molecular complexity index is 835. The van der Waals surface area contributed by atoms with Crippen LogP contribution in [0.15, 0.2) is 56.7 Å². The third-order valence-corrected chi connectivity index (χ3v) is 3.53. The molecular weight excluding hydrogens is 368 g/mol. The second-order valence-corrected chi connectivity index (χ2v) is 5.60. The molecule has 3 aromatic rings. The van der Waals surface area contributed by atoms with Crippen molar-refractivity contribution < 1.29 is 9.15 Å². The fourth-order valence-electron chi connectivity index (χ4n) is 1.67. The Morgan fingerprint density at radius 2 is 2.14 bits per heavy atom. The van der Waals surface area contributed by atoms with E-state index in [2.05, 4.69) is 31.2 Å². The number of nitrogens with zero attached hydrogens (tertiary/aromatic N) is 3. The molecule has 2 heterocycles. The average molecular weight is 379 g/mol. The maximum absolute atomic E-state index is 5.63. The van der Waals surface area contributed by atoms with E-state index in [-0.39, 0.29) is 0 Å². The molecule has 112 valence electrons. The van der Waals surface area contributed by atoms with Crippen molar-refractivity contribution in [3.05, 3.63) is 63.5 Å². The van der Waals surface area contributed by atoms with Gasteiger partial charge in [0.05, 0.1) is 6.21 Å². The number of hydrogen-bond acceptors (Lipinski definition) is 5. The molecule has 1 aromatic carbocycles. The van der Waals surface area contributed by atoms with Crippen LogP contribution in [-0.2, 0) is 6.61 Å². The van der Waals surface area contributed by atoms with Crippen molar-refractivity contribution in [3.63, 3.8) is 0 Å². The highest BCUT2D eigenvalue weighted by Crippen LogP contribution is 2.17. The Morgan fingerprint density at radius 3 is 2.86 bits per heavy atom. The van der Waals surface area contributed by atoms with Gasteiger partial charge in [0.2, 0.25) is 4.77 Å². The van der Waals surface area contributed by atoms with E-state index in [4.69, 9.17) is 21.4 Å². The molecular formula is C14H11BrN4O2S. The van der Waals surface area contributed by atoms with Crippen LogP contribution >= 0.6 is 28.1 Å². The fourth-order valence-corrected chi connectivity index (χ4v) is 2.08. The number of aromatic nitrogens is 3. The minimum atomic E-state index is 0.348. The molecule has 0 radical (unpaired) electrons. The topological polar surface area (TPSA) is 68.3 Å². The number of rotatable bonds is 5. The van der Waals surface area contributed by atoms with E-state index in [1.165, 1.54) is 11.0 Å². The molecule has 6 nitrogen and oxygen atoms in total. The van der Waals surface area contributed by atoms with Gasteiger partial charge in [-0.3, -0.25) is 5.10 Å². The number of benzene rings is 1. The van der Waals surface area contributed by atoms with Crippen LogP contribution in [0.3, 0.4) is 0 Å². The van der Waals surface area contributed by atoms with E-state index in [0.29, 0.717) is 22.9 Å². The van der Waals surface area contributed by atoms with Crippen molar-refractivity contribution >= 4 is 34.4 Å². The highest BCUT2D eigenvalue weighted by molar-refractivity contribution is 9.10. The Hall–Kier alpha value is -2.19. The summed E-state index contributed by atoms with van der Waals surface area (Å²) in [7, 11) is 0. The Morgan fingerprint density at radius 1 is 1.32 bits per heavy atom. The lowest BCUT2D eigenvalue weighted by atomic mass is 10.3. The first-order valence-electron chi connectivity index (χ1n) is 6.34. The van der Waals surface area contributed by atoms with Gasteiger partial charge in [-0.1, -0.05) is 15.9 Å². The zero-order valence-electron chi connectivity index (χ0n) is 11.3. The molecule has 0 amide bonds. The summed E-state index contributed by atoms with van der Waals surface area (Å²) in [6.07, 6.45) is 3.05. The summed E-state index contributed by atoms with van der Waals surface area (Å²) in [4.78, 5) is 0. The molecule has 3 rings (SSSR count). The number of H-pyrrole nitrogens is 1. The van der Waals surface area contributed by atoms with Crippen LogP contribution in [-0.4, -0.2) is 21.1 Å². The van der Waals surface area contributed by atoms with E-state index in [9.17, 15) is 0 Å². The standard InChI is InChI=1S/C14H11BrN4O2S/c15-10-1-3-11(4-2-10)20-8-13-6-5-12(21-13)7-17-19-9-16-18-14(19)22/h1-7,9H,8H2,(H,18,22)/b17-7+. The summed E-state index contributed by atoms with van der Waals surface area (Å²) in [5, 5.41) is 10.5. The average Bonchev–Trinajstić information content (AvgIpc) is 3.13. The summed E-state index contributed by atoms with van der Waals surface area (Å²) in [6, 6.07) is 11.3. The number of ether oxygens (including phenoxy) is 1. The maximum atomic E-state index is 5.63. The van der Waals surface area contributed by atoms with Gasteiger partial charge >= 0.3 is 0 Å². The van der Waals surface area contributed by atoms with E-state index in [0.717, 1.165) is 10.2 Å². The number of halogens is 1. The zero-order valence-corrected chi connectivity index (χ0v) is 13.7. The van der Waals surface area contributed by atoms with Gasteiger partial charge in [0.1, 0.15) is 30.2 Å². The summed E-state index contributed by atoms with van der Waals surface area (Å²) in [5.74, 6) is 2.09. The van der Waals surface area contributed by atoms with Gasteiger partial charge < -0.3 is 9.15 Å². The van der Waals surface area contributed by atoms with Gasteiger partial charge in [-0.25, -0.2) is 0 Å². The minimum absolute atomic E-state index is 0.348. The summed E-state index contributed by atoms with van der Waals surface area (Å²) in [5.41, 5.74) is 0. The summed E-state index contributed by atoms with van der Waals surface area (Å²) in [6.45, 7) is 0.348. The molecule has 0 bridgehead atoms. The second kappa shape index (κ2) is 6.71. The molecule has 0 saturated heterocycles. The summed E-state index contributed by atoms with van der Waals surface area (Å²) < 4.78 is 14.1. The lowest BCUT2D eigenvalue weighted by Crippen LogP contribution is -1.93. The van der Waals surface area contributed by atoms with E-state index < -0.39 is 0 Å². The smallest absolute Gasteiger partial charge is 0.216 e. The Labute approximate surface area is 139 Å². The summed E-state index contributed by atoms with van der Waals surface area (Å²) >= 11 is 8.37. The molecule has 1 N–H and O–H groups in total. The molecule has 0 saturated carbocycles. The Balaban J connectivity index is 1.61. The van der Waals surface area contributed by atoms with Gasteiger partial charge in [0.25, 0.3) is 0 Å². The third-order valence-electron chi connectivity index (χ3n) is 2.72. The lowest BCUT2D eigenvalue weighted by Gasteiger charge is -2.03. The van der Waals surface area contributed by atoms with Gasteiger partial charge in [0, 0.05) is 4.47 Å². The number of hydrogen-bond donors (Lipinski definition) is 1. The van der Waals surface area contributed by atoms with Gasteiger partial charge in [-0.05, 0) is 48.6 Å². The first-order chi connectivity index (χ1) is 10.7. The number of furan rings is 1. The van der Waals surface area contributed by atoms with E-state index in [1.807, 2.05) is 36.4 Å². The van der Waals surface area contributed by atoms with Crippen LogP contribution in [0.5, 0.6) is 5.75 Å². The second-order valence-electron chi connectivity index (χ2n) is 4.30. The minimum Gasteiger partial charge on any atom is -0.486 e. The van der Waals surface area contributed by atoms with Crippen LogP contribution in [0.1, 0.15) is 11.5 Å². The molecule has 22 heavy (non-hydrogen) atoms.